The molecule has 0 unspecified atom stereocenters. The number of hydrogen-bond donors (Lipinski definition) is 1. The number of aryl methyl sites for hydroxylation is 2. The number of hydrogen-bond acceptors (Lipinski definition) is 2. The van der Waals surface area contributed by atoms with Crippen LogP contribution in [0.15, 0.2) is 16.6 Å². The first-order chi connectivity index (χ1) is 7.31. The molecule has 0 saturated heterocycles. The maximum Gasteiger partial charge on any atom is 0.125 e. The van der Waals surface area contributed by atoms with Gasteiger partial charge in [-0.1, -0.05) is 15.9 Å². The normalized spacial score (nSPS) is 14.5. The van der Waals surface area contributed by atoms with Gasteiger partial charge in [0.1, 0.15) is 5.75 Å². The van der Waals surface area contributed by atoms with Gasteiger partial charge < -0.3 is 10.5 Å². The van der Waals surface area contributed by atoms with E-state index in [0.29, 0.717) is 0 Å². The first-order valence-electron chi connectivity index (χ1n) is 5.45. The van der Waals surface area contributed by atoms with E-state index in [2.05, 4.69) is 28.1 Å². The van der Waals surface area contributed by atoms with Gasteiger partial charge in [0, 0.05) is 4.47 Å². The molecule has 2 nitrogen and oxygen atoms in total. The lowest BCUT2D eigenvalue weighted by Gasteiger charge is -2.21. The molecule has 1 aromatic rings. The van der Waals surface area contributed by atoms with E-state index < -0.39 is 0 Å². The molecule has 15 heavy (non-hydrogen) atoms. The molecular formula is C12H16BrNO. The molecule has 82 valence electrons. The lowest BCUT2D eigenvalue weighted by atomic mass is 10.00. The van der Waals surface area contributed by atoms with Crippen LogP contribution in [0.1, 0.15) is 24.0 Å². The average molecular weight is 270 g/mol. The number of nitrogens with two attached hydrogens (primary N) is 1. The SMILES string of the molecule is NCCCc1cc(Br)cc2c1OCCC2. The third kappa shape index (κ3) is 2.52. The quantitative estimate of drug-likeness (QED) is 0.916. The highest BCUT2D eigenvalue weighted by atomic mass is 79.9. The lowest BCUT2D eigenvalue weighted by molar-refractivity contribution is 0.285. The summed E-state index contributed by atoms with van der Waals surface area (Å²) in [6.07, 6.45) is 4.29. The number of benzene rings is 1. The molecule has 0 bridgehead atoms. The molecule has 0 atom stereocenters. The van der Waals surface area contributed by atoms with Gasteiger partial charge in [-0.2, -0.15) is 0 Å². The zero-order valence-electron chi connectivity index (χ0n) is 8.76. The molecule has 1 aliphatic rings. The molecular weight excluding hydrogens is 254 g/mol. The predicted molar refractivity (Wildman–Crippen MR) is 65.3 cm³/mol. The number of halogens is 1. The summed E-state index contributed by atoms with van der Waals surface area (Å²) >= 11 is 3.55. The molecule has 0 aliphatic carbocycles. The third-order valence-corrected chi connectivity index (χ3v) is 3.15. The van der Waals surface area contributed by atoms with Gasteiger partial charge in [0.05, 0.1) is 6.61 Å². The minimum absolute atomic E-state index is 0.737. The summed E-state index contributed by atoms with van der Waals surface area (Å²) < 4.78 is 6.90. The monoisotopic (exact) mass is 269 g/mol. The van der Waals surface area contributed by atoms with Crippen LogP contribution >= 0.6 is 15.9 Å². The second-order valence-corrected chi connectivity index (χ2v) is 4.81. The Morgan fingerprint density at radius 1 is 1.40 bits per heavy atom. The first-order valence-corrected chi connectivity index (χ1v) is 6.24. The van der Waals surface area contributed by atoms with E-state index in [1.807, 2.05) is 0 Å². The largest absolute Gasteiger partial charge is 0.493 e. The van der Waals surface area contributed by atoms with Crippen LogP contribution in [0.3, 0.4) is 0 Å². The summed E-state index contributed by atoms with van der Waals surface area (Å²) in [6, 6.07) is 4.32. The molecule has 1 heterocycles. The molecule has 0 amide bonds. The van der Waals surface area contributed by atoms with Gasteiger partial charge in [-0.15, -0.1) is 0 Å². The van der Waals surface area contributed by atoms with Crippen molar-refractivity contribution in [2.75, 3.05) is 13.2 Å². The van der Waals surface area contributed by atoms with Crippen molar-refractivity contribution in [1.29, 1.82) is 0 Å². The molecule has 2 N–H and O–H groups in total. The Kier molecular flexibility index (Phi) is 3.65. The van der Waals surface area contributed by atoms with Gasteiger partial charge in [0.2, 0.25) is 0 Å². The van der Waals surface area contributed by atoms with Crippen molar-refractivity contribution < 1.29 is 4.74 Å². The van der Waals surface area contributed by atoms with Crippen LogP contribution < -0.4 is 10.5 Å². The van der Waals surface area contributed by atoms with Gasteiger partial charge >= 0.3 is 0 Å². The van der Waals surface area contributed by atoms with E-state index >= 15 is 0 Å². The van der Waals surface area contributed by atoms with Gasteiger partial charge in [-0.3, -0.25) is 0 Å². The van der Waals surface area contributed by atoms with Crippen molar-refractivity contribution in [2.24, 2.45) is 5.73 Å². The van der Waals surface area contributed by atoms with Crippen LogP contribution in [0.5, 0.6) is 5.75 Å². The Hall–Kier alpha value is -0.540. The summed E-state index contributed by atoms with van der Waals surface area (Å²) in [5, 5.41) is 0. The molecule has 0 spiro atoms. The molecule has 1 aromatic carbocycles. The van der Waals surface area contributed by atoms with Crippen molar-refractivity contribution in [3.63, 3.8) is 0 Å². The fraction of sp³-hybridized carbons (Fsp3) is 0.500. The summed E-state index contributed by atoms with van der Waals surface area (Å²) in [5.74, 6) is 1.11. The summed E-state index contributed by atoms with van der Waals surface area (Å²) in [5.41, 5.74) is 8.17. The highest BCUT2D eigenvalue weighted by Crippen LogP contribution is 2.33. The fourth-order valence-corrected chi connectivity index (χ4v) is 2.55. The molecule has 3 heteroatoms. The smallest absolute Gasteiger partial charge is 0.125 e. The van der Waals surface area contributed by atoms with E-state index in [9.17, 15) is 0 Å². The highest BCUT2D eigenvalue weighted by molar-refractivity contribution is 9.10. The minimum atomic E-state index is 0.737. The Balaban J connectivity index is 2.30. The van der Waals surface area contributed by atoms with Gasteiger partial charge in [-0.25, -0.2) is 0 Å². The Morgan fingerprint density at radius 3 is 3.07 bits per heavy atom. The van der Waals surface area contributed by atoms with Crippen molar-refractivity contribution in [2.45, 2.75) is 25.7 Å². The van der Waals surface area contributed by atoms with E-state index in [-0.39, 0.29) is 0 Å². The summed E-state index contributed by atoms with van der Waals surface area (Å²) in [7, 11) is 0. The minimum Gasteiger partial charge on any atom is -0.493 e. The number of ether oxygens (including phenoxy) is 1. The Bertz CT molecular complexity index is 352. The average Bonchev–Trinajstić information content (AvgIpc) is 2.25. The molecule has 1 aliphatic heterocycles. The first kappa shape index (κ1) is 11.0. The Morgan fingerprint density at radius 2 is 2.27 bits per heavy atom. The van der Waals surface area contributed by atoms with E-state index in [0.717, 1.165) is 49.1 Å². The topological polar surface area (TPSA) is 35.2 Å². The highest BCUT2D eigenvalue weighted by Gasteiger charge is 2.15. The maximum absolute atomic E-state index is 5.74. The molecule has 0 fully saturated rings. The van der Waals surface area contributed by atoms with Crippen LogP contribution in [0.25, 0.3) is 0 Å². The summed E-state index contributed by atoms with van der Waals surface area (Å²) in [4.78, 5) is 0. The fourth-order valence-electron chi connectivity index (χ4n) is 2.00. The van der Waals surface area contributed by atoms with Gasteiger partial charge in [-0.05, 0) is 55.5 Å². The van der Waals surface area contributed by atoms with Crippen LogP contribution in [0.2, 0.25) is 0 Å². The van der Waals surface area contributed by atoms with E-state index in [1.54, 1.807) is 0 Å². The van der Waals surface area contributed by atoms with Crippen LogP contribution in [-0.2, 0) is 12.8 Å². The third-order valence-electron chi connectivity index (χ3n) is 2.69. The number of fused-ring (bicyclic) bond motifs is 1. The standard InChI is InChI=1S/C12H16BrNO/c13-11-7-9(3-1-5-14)12-10(8-11)4-2-6-15-12/h7-8H,1-6,14H2. The molecule has 0 saturated carbocycles. The predicted octanol–water partition coefficient (Wildman–Crippen LogP) is 2.67. The second kappa shape index (κ2) is 4.99. The zero-order valence-corrected chi connectivity index (χ0v) is 10.3. The van der Waals surface area contributed by atoms with Crippen LogP contribution in [0.4, 0.5) is 0 Å². The van der Waals surface area contributed by atoms with Gasteiger partial charge in [0.25, 0.3) is 0 Å². The lowest BCUT2D eigenvalue weighted by Crippen LogP contribution is -2.11. The maximum atomic E-state index is 5.74. The zero-order chi connectivity index (χ0) is 10.7. The van der Waals surface area contributed by atoms with Crippen LogP contribution in [-0.4, -0.2) is 13.2 Å². The Labute approximate surface area is 98.9 Å². The molecule has 0 radical (unpaired) electrons. The second-order valence-electron chi connectivity index (χ2n) is 3.90. The molecule has 0 aromatic heterocycles. The number of rotatable bonds is 3. The van der Waals surface area contributed by atoms with Gasteiger partial charge in [0.15, 0.2) is 0 Å². The van der Waals surface area contributed by atoms with Crippen molar-refractivity contribution in [1.82, 2.24) is 0 Å². The van der Waals surface area contributed by atoms with Crippen molar-refractivity contribution in [3.05, 3.63) is 27.7 Å². The van der Waals surface area contributed by atoms with Crippen molar-refractivity contribution >= 4 is 15.9 Å². The van der Waals surface area contributed by atoms with E-state index in [4.69, 9.17) is 10.5 Å². The van der Waals surface area contributed by atoms with Crippen molar-refractivity contribution in [3.8, 4) is 5.75 Å². The molecule has 2 rings (SSSR count). The van der Waals surface area contributed by atoms with Crippen LogP contribution in [0, 0.1) is 0 Å². The van der Waals surface area contributed by atoms with E-state index in [1.165, 1.54) is 11.1 Å². The summed E-state index contributed by atoms with van der Waals surface area (Å²) in [6.45, 7) is 1.59.